The molecule has 2 fully saturated rings. The lowest BCUT2D eigenvalue weighted by atomic mass is 10.1. The maximum atomic E-state index is 11.5. The van der Waals surface area contributed by atoms with Gasteiger partial charge < -0.3 is 25.3 Å². The Morgan fingerprint density at radius 2 is 2.00 bits per heavy atom. The van der Waals surface area contributed by atoms with E-state index in [1.165, 1.54) is 5.69 Å². The van der Waals surface area contributed by atoms with Gasteiger partial charge in [-0.1, -0.05) is 18.7 Å². The molecular weight excluding hydrogens is 380 g/mol. The fourth-order valence-electron chi connectivity index (χ4n) is 3.94. The minimum absolute atomic E-state index is 0.0148. The van der Waals surface area contributed by atoms with Crippen LogP contribution in [0.3, 0.4) is 0 Å². The Kier molecular flexibility index (Phi) is 4.84. The van der Waals surface area contributed by atoms with Crippen LogP contribution in [0.1, 0.15) is 6.42 Å². The van der Waals surface area contributed by atoms with Crippen molar-refractivity contribution in [1.82, 2.24) is 25.6 Å². The van der Waals surface area contributed by atoms with Crippen LogP contribution >= 0.6 is 0 Å². The number of fused-ring (bicyclic) bond motifs is 1. The zero-order chi connectivity index (χ0) is 20.5. The molecule has 0 spiro atoms. The molecule has 8 heteroatoms. The molecule has 154 valence electrons. The number of benzene rings is 1. The molecule has 1 atom stereocenters. The highest BCUT2D eigenvalue weighted by molar-refractivity contribution is 5.84. The molecule has 2 aliphatic rings. The number of anilines is 1. The third-order valence-electron chi connectivity index (χ3n) is 5.68. The summed E-state index contributed by atoms with van der Waals surface area (Å²) in [5.74, 6) is 0.881. The van der Waals surface area contributed by atoms with Gasteiger partial charge in [-0.2, -0.15) is 0 Å². The van der Waals surface area contributed by atoms with E-state index in [-0.39, 0.29) is 11.8 Å². The number of H-pyrrole nitrogens is 1. The lowest BCUT2D eigenvalue weighted by molar-refractivity contribution is -0.119. The van der Waals surface area contributed by atoms with E-state index in [9.17, 15) is 4.79 Å². The summed E-state index contributed by atoms with van der Waals surface area (Å²) in [6.07, 6.45) is 2.01. The van der Waals surface area contributed by atoms with Crippen LogP contribution in [0.4, 0.5) is 5.69 Å². The molecular formula is C22H24N6O2. The van der Waals surface area contributed by atoms with E-state index in [2.05, 4.69) is 56.3 Å². The molecule has 0 bridgehead atoms. The Morgan fingerprint density at radius 1 is 1.20 bits per heavy atom. The van der Waals surface area contributed by atoms with Gasteiger partial charge in [0, 0.05) is 56.3 Å². The van der Waals surface area contributed by atoms with Gasteiger partial charge in [0.1, 0.15) is 5.76 Å². The number of pyridine rings is 1. The van der Waals surface area contributed by atoms with Crippen molar-refractivity contribution >= 4 is 22.6 Å². The number of aromatic nitrogens is 3. The topological polar surface area (TPSA) is 95.2 Å². The zero-order valence-corrected chi connectivity index (χ0v) is 16.6. The Bertz CT molecular complexity index is 1080. The number of ether oxygens (including phenoxy) is 1. The van der Waals surface area contributed by atoms with Crippen molar-refractivity contribution in [2.45, 2.75) is 6.42 Å². The van der Waals surface area contributed by atoms with Gasteiger partial charge in [-0.3, -0.25) is 4.79 Å². The number of nitrogens with one attached hydrogen (secondary N) is 3. The number of imidazole rings is 1. The second-order valence-corrected chi connectivity index (χ2v) is 7.67. The molecule has 0 saturated carbocycles. The van der Waals surface area contributed by atoms with Gasteiger partial charge in [-0.25, -0.2) is 9.97 Å². The number of carbonyl (C=O) groups is 1. The summed E-state index contributed by atoms with van der Waals surface area (Å²) < 4.78 is 6.00. The minimum atomic E-state index is -0.0599. The van der Waals surface area contributed by atoms with Gasteiger partial charge in [0.25, 0.3) is 0 Å². The lowest BCUT2D eigenvalue weighted by Crippen LogP contribution is -2.43. The number of aromatic amines is 1. The molecule has 0 unspecified atom stereocenters. The zero-order valence-electron chi connectivity index (χ0n) is 16.6. The van der Waals surface area contributed by atoms with Crippen molar-refractivity contribution in [3.63, 3.8) is 0 Å². The van der Waals surface area contributed by atoms with E-state index < -0.39 is 0 Å². The molecule has 30 heavy (non-hydrogen) atoms. The maximum absolute atomic E-state index is 11.5. The average Bonchev–Trinajstić information content (AvgIpc) is 3.43. The standard InChI is InChI=1S/C22H24N6O2/c1-14(16-10-20(29)24-12-16)30-22-21-19(25-13-26-21)11-18(27-22)15-2-4-17(5-3-15)28-8-6-23-7-9-28/h2-5,11,13,16,23H,1,6-10,12H2,(H,24,29)(H,25,26)/t16-/m1/s1. The van der Waals surface area contributed by atoms with Crippen LogP contribution in [-0.2, 0) is 4.79 Å². The number of hydrogen-bond donors (Lipinski definition) is 3. The number of hydrogen-bond acceptors (Lipinski definition) is 6. The van der Waals surface area contributed by atoms with Crippen LogP contribution in [0.25, 0.3) is 22.3 Å². The molecule has 0 aliphatic carbocycles. The third kappa shape index (κ3) is 3.61. The number of piperazine rings is 1. The van der Waals surface area contributed by atoms with E-state index >= 15 is 0 Å². The largest absolute Gasteiger partial charge is 0.442 e. The number of carbonyl (C=O) groups excluding carboxylic acids is 1. The highest BCUT2D eigenvalue weighted by Crippen LogP contribution is 2.31. The SMILES string of the molecule is C=C(Oc1nc(-c2ccc(N3CCNCC3)cc2)cc2[nH]cnc12)[C@H]1CNC(=O)C1. The molecule has 1 aromatic carbocycles. The average molecular weight is 404 g/mol. The summed E-state index contributed by atoms with van der Waals surface area (Å²) in [5, 5.41) is 6.18. The van der Waals surface area contributed by atoms with Gasteiger partial charge in [0.15, 0.2) is 5.52 Å². The Labute approximate surface area is 174 Å². The quantitative estimate of drug-likeness (QED) is 0.564. The second-order valence-electron chi connectivity index (χ2n) is 7.67. The summed E-state index contributed by atoms with van der Waals surface area (Å²) in [4.78, 5) is 26.1. The molecule has 1 amide bonds. The summed E-state index contributed by atoms with van der Waals surface area (Å²) in [7, 11) is 0. The fraction of sp³-hybridized carbons (Fsp3) is 0.318. The first-order valence-electron chi connectivity index (χ1n) is 10.2. The lowest BCUT2D eigenvalue weighted by Gasteiger charge is -2.29. The van der Waals surface area contributed by atoms with Crippen LogP contribution < -0.4 is 20.3 Å². The molecule has 2 aliphatic heterocycles. The summed E-state index contributed by atoms with van der Waals surface area (Å²) in [5.41, 5.74) is 4.50. The number of amides is 1. The third-order valence-corrected chi connectivity index (χ3v) is 5.68. The summed E-state index contributed by atoms with van der Waals surface area (Å²) in [6.45, 7) is 8.59. The predicted octanol–water partition coefficient (Wildman–Crippen LogP) is 2.06. The summed E-state index contributed by atoms with van der Waals surface area (Å²) >= 11 is 0. The normalized spacial score (nSPS) is 19.1. The van der Waals surface area contributed by atoms with Gasteiger partial charge in [0.2, 0.25) is 11.8 Å². The molecule has 3 aromatic rings. The highest BCUT2D eigenvalue weighted by atomic mass is 16.5. The predicted molar refractivity (Wildman–Crippen MR) is 115 cm³/mol. The van der Waals surface area contributed by atoms with Crippen molar-refractivity contribution in [2.75, 3.05) is 37.6 Å². The molecule has 8 nitrogen and oxygen atoms in total. The monoisotopic (exact) mass is 404 g/mol. The molecule has 3 N–H and O–H groups in total. The van der Waals surface area contributed by atoms with Crippen molar-refractivity contribution in [3.05, 3.63) is 49.0 Å². The van der Waals surface area contributed by atoms with Gasteiger partial charge in [0.05, 0.1) is 17.5 Å². The first-order chi connectivity index (χ1) is 14.7. The van der Waals surface area contributed by atoms with E-state index in [1.54, 1.807) is 6.33 Å². The first kappa shape index (κ1) is 18.6. The number of nitrogens with zero attached hydrogens (tertiary/aromatic N) is 3. The van der Waals surface area contributed by atoms with Crippen LogP contribution in [0.2, 0.25) is 0 Å². The number of rotatable bonds is 5. The molecule has 2 aromatic heterocycles. The van der Waals surface area contributed by atoms with Crippen molar-refractivity contribution in [3.8, 4) is 17.1 Å². The van der Waals surface area contributed by atoms with Crippen molar-refractivity contribution in [1.29, 1.82) is 0 Å². The summed E-state index contributed by atoms with van der Waals surface area (Å²) in [6, 6.07) is 10.4. The molecule has 4 heterocycles. The highest BCUT2D eigenvalue weighted by Gasteiger charge is 2.26. The first-order valence-corrected chi connectivity index (χ1v) is 10.2. The van der Waals surface area contributed by atoms with Crippen LogP contribution in [0, 0.1) is 5.92 Å². The van der Waals surface area contributed by atoms with Crippen molar-refractivity contribution in [2.24, 2.45) is 5.92 Å². The van der Waals surface area contributed by atoms with Gasteiger partial charge >= 0.3 is 0 Å². The van der Waals surface area contributed by atoms with E-state index in [0.717, 1.165) is 43.0 Å². The molecule has 5 rings (SSSR count). The Hall–Kier alpha value is -3.39. The van der Waals surface area contributed by atoms with E-state index in [0.29, 0.717) is 30.1 Å². The Morgan fingerprint density at radius 3 is 2.73 bits per heavy atom. The van der Waals surface area contributed by atoms with E-state index in [4.69, 9.17) is 9.72 Å². The Balaban J connectivity index is 1.42. The smallest absolute Gasteiger partial charge is 0.247 e. The van der Waals surface area contributed by atoms with Crippen molar-refractivity contribution < 1.29 is 9.53 Å². The fourth-order valence-corrected chi connectivity index (χ4v) is 3.94. The van der Waals surface area contributed by atoms with Gasteiger partial charge in [-0.15, -0.1) is 0 Å². The molecule has 2 saturated heterocycles. The maximum Gasteiger partial charge on any atom is 0.247 e. The van der Waals surface area contributed by atoms with E-state index in [1.807, 2.05) is 6.07 Å². The molecule has 0 radical (unpaired) electrons. The minimum Gasteiger partial charge on any atom is -0.442 e. The van der Waals surface area contributed by atoms with Crippen LogP contribution in [0.5, 0.6) is 5.88 Å². The van der Waals surface area contributed by atoms with Crippen LogP contribution in [-0.4, -0.2) is 53.6 Å². The second kappa shape index (κ2) is 7.79. The van der Waals surface area contributed by atoms with Gasteiger partial charge in [-0.05, 0) is 18.2 Å². The van der Waals surface area contributed by atoms with Crippen LogP contribution in [0.15, 0.2) is 49.0 Å².